The van der Waals surface area contributed by atoms with E-state index in [1.54, 1.807) is 0 Å². The molecule has 1 aliphatic heterocycles. The van der Waals surface area contributed by atoms with Crippen LogP contribution in [-0.2, 0) is 0 Å². The molecule has 0 spiro atoms. The van der Waals surface area contributed by atoms with E-state index in [1.807, 2.05) is 0 Å². The van der Waals surface area contributed by atoms with Crippen molar-refractivity contribution in [2.24, 2.45) is 0 Å². The summed E-state index contributed by atoms with van der Waals surface area (Å²) in [7, 11) is 0. The number of allylic oxidation sites excluding steroid dienone is 4. The number of rotatable bonds is 3. The fraction of sp³-hybridized carbons (Fsp3) is 0.462. The quantitative estimate of drug-likeness (QED) is 0.671. The summed E-state index contributed by atoms with van der Waals surface area (Å²) in [6, 6.07) is 0. The molecule has 1 heteroatoms. The van der Waals surface area contributed by atoms with Gasteiger partial charge in [0.2, 0.25) is 0 Å². The number of nitrogens with one attached hydrogen (secondary N) is 1. The molecule has 1 heterocycles. The highest BCUT2D eigenvalue weighted by Gasteiger charge is 2.08. The van der Waals surface area contributed by atoms with Crippen molar-refractivity contribution in [2.45, 2.75) is 32.6 Å². The molecule has 1 nitrogen and oxygen atoms in total. The van der Waals surface area contributed by atoms with E-state index >= 15 is 0 Å². The summed E-state index contributed by atoms with van der Waals surface area (Å²) < 4.78 is 0. The highest BCUT2D eigenvalue weighted by Crippen LogP contribution is 2.16. The zero-order chi connectivity index (χ0) is 10.2. The fourth-order valence-electron chi connectivity index (χ4n) is 1.50. The SMILES string of the molecule is C=C=C1CCCN/C1=C/C=C\CCC. The molecule has 1 rings (SSSR count). The van der Waals surface area contributed by atoms with Crippen LogP contribution in [0.2, 0.25) is 0 Å². The summed E-state index contributed by atoms with van der Waals surface area (Å²) in [4.78, 5) is 0. The zero-order valence-corrected chi connectivity index (χ0v) is 8.97. The van der Waals surface area contributed by atoms with Gasteiger partial charge in [-0.1, -0.05) is 32.1 Å². The van der Waals surface area contributed by atoms with E-state index in [1.165, 1.54) is 24.1 Å². The maximum atomic E-state index is 3.71. The molecule has 0 atom stereocenters. The first kappa shape index (κ1) is 10.9. The average molecular weight is 189 g/mol. The largest absolute Gasteiger partial charge is 0.384 e. The second-order valence-electron chi connectivity index (χ2n) is 3.48. The second-order valence-corrected chi connectivity index (χ2v) is 3.48. The summed E-state index contributed by atoms with van der Waals surface area (Å²) in [5.74, 6) is 0. The molecule has 76 valence electrons. The third kappa shape index (κ3) is 3.27. The highest BCUT2D eigenvalue weighted by atomic mass is 14.9. The second kappa shape index (κ2) is 6.28. The van der Waals surface area contributed by atoms with Crippen molar-refractivity contribution in [3.8, 4) is 0 Å². The van der Waals surface area contributed by atoms with E-state index in [4.69, 9.17) is 0 Å². The van der Waals surface area contributed by atoms with Crippen molar-refractivity contribution >= 4 is 0 Å². The predicted molar refractivity (Wildman–Crippen MR) is 62.0 cm³/mol. The Hall–Kier alpha value is -1.20. The lowest BCUT2D eigenvalue weighted by molar-refractivity contribution is 0.670. The van der Waals surface area contributed by atoms with E-state index in [9.17, 15) is 0 Å². The summed E-state index contributed by atoms with van der Waals surface area (Å²) in [5, 5.41) is 3.37. The standard InChI is InChI=1S/C13H19N/c1-3-5-6-7-10-13-12(4-2)9-8-11-14-13/h6-7,10,14H,2-3,5,8-9,11H2,1H3/b7-6-,13-10+. The predicted octanol–water partition coefficient (Wildman–Crippen LogP) is 3.32. The van der Waals surface area contributed by atoms with E-state index < -0.39 is 0 Å². The van der Waals surface area contributed by atoms with Crippen LogP contribution in [0.1, 0.15) is 32.6 Å². The number of piperidine rings is 1. The molecule has 14 heavy (non-hydrogen) atoms. The van der Waals surface area contributed by atoms with E-state index in [0.29, 0.717) is 0 Å². The van der Waals surface area contributed by atoms with Gasteiger partial charge in [0.1, 0.15) is 0 Å². The Morgan fingerprint density at radius 3 is 3.14 bits per heavy atom. The Balaban J connectivity index is 2.59. The van der Waals surface area contributed by atoms with Crippen LogP contribution in [0, 0.1) is 0 Å². The molecule has 0 aliphatic carbocycles. The third-order valence-corrected chi connectivity index (χ3v) is 2.31. The van der Waals surface area contributed by atoms with Crippen molar-refractivity contribution in [2.75, 3.05) is 6.54 Å². The minimum Gasteiger partial charge on any atom is -0.384 e. The van der Waals surface area contributed by atoms with Crippen LogP contribution in [0.3, 0.4) is 0 Å². The lowest BCUT2D eigenvalue weighted by atomic mass is 10.0. The Labute approximate surface area is 86.9 Å². The maximum absolute atomic E-state index is 3.71. The van der Waals surface area contributed by atoms with Crippen LogP contribution in [-0.4, -0.2) is 6.54 Å². The van der Waals surface area contributed by atoms with Gasteiger partial charge in [-0.05, 0) is 25.3 Å². The Kier molecular flexibility index (Phi) is 4.88. The summed E-state index contributed by atoms with van der Waals surface area (Å²) in [6.45, 7) is 6.97. The molecule has 0 bridgehead atoms. The van der Waals surface area contributed by atoms with Crippen LogP contribution in [0.25, 0.3) is 0 Å². The fourth-order valence-corrected chi connectivity index (χ4v) is 1.50. The molecule has 0 saturated carbocycles. The van der Waals surface area contributed by atoms with Gasteiger partial charge < -0.3 is 5.32 Å². The van der Waals surface area contributed by atoms with Crippen LogP contribution in [0.5, 0.6) is 0 Å². The van der Waals surface area contributed by atoms with Gasteiger partial charge in [0, 0.05) is 17.8 Å². The number of hydrogen-bond donors (Lipinski definition) is 1. The molecule has 1 fully saturated rings. The molecule has 0 unspecified atom stereocenters. The van der Waals surface area contributed by atoms with Crippen LogP contribution < -0.4 is 5.32 Å². The van der Waals surface area contributed by atoms with Crippen molar-refractivity contribution in [1.82, 2.24) is 5.32 Å². The Bertz CT molecular complexity index is 278. The van der Waals surface area contributed by atoms with Gasteiger partial charge in [-0.3, -0.25) is 0 Å². The van der Waals surface area contributed by atoms with Crippen molar-refractivity contribution in [3.63, 3.8) is 0 Å². The van der Waals surface area contributed by atoms with Gasteiger partial charge >= 0.3 is 0 Å². The maximum Gasteiger partial charge on any atom is 0.0450 e. The first-order valence-electron chi connectivity index (χ1n) is 5.38. The molecule has 1 N–H and O–H groups in total. The highest BCUT2D eigenvalue weighted by molar-refractivity contribution is 5.33. The van der Waals surface area contributed by atoms with Gasteiger partial charge in [0.15, 0.2) is 0 Å². The van der Waals surface area contributed by atoms with Gasteiger partial charge in [0.05, 0.1) is 0 Å². The topological polar surface area (TPSA) is 12.0 Å². The van der Waals surface area contributed by atoms with Crippen molar-refractivity contribution in [1.29, 1.82) is 0 Å². The Morgan fingerprint density at radius 1 is 1.57 bits per heavy atom. The van der Waals surface area contributed by atoms with E-state index in [2.05, 4.69) is 42.8 Å². The van der Waals surface area contributed by atoms with Crippen molar-refractivity contribution < 1.29 is 0 Å². The average Bonchev–Trinajstić information content (AvgIpc) is 2.25. The molecule has 0 aromatic heterocycles. The smallest absolute Gasteiger partial charge is 0.0450 e. The summed E-state index contributed by atoms with van der Waals surface area (Å²) in [5.41, 5.74) is 5.41. The molecule has 0 amide bonds. The van der Waals surface area contributed by atoms with Crippen LogP contribution >= 0.6 is 0 Å². The third-order valence-electron chi connectivity index (χ3n) is 2.31. The van der Waals surface area contributed by atoms with Gasteiger partial charge in [-0.25, -0.2) is 0 Å². The van der Waals surface area contributed by atoms with Crippen molar-refractivity contribution in [3.05, 3.63) is 41.8 Å². The van der Waals surface area contributed by atoms with Gasteiger partial charge in [-0.2, -0.15) is 0 Å². The van der Waals surface area contributed by atoms with E-state index in [0.717, 1.165) is 19.4 Å². The molecule has 1 saturated heterocycles. The summed E-state index contributed by atoms with van der Waals surface area (Å²) >= 11 is 0. The molecule has 0 aromatic rings. The molecule has 1 aliphatic rings. The minimum absolute atomic E-state index is 1.07. The normalized spacial score (nSPS) is 19.8. The van der Waals surface area contributed by atoms with Crippen LogP contribution in [0.4, 0.5) is 0 Å². The lowest BCUT2D eigenvalue weighted by Crippen LogP contribution is -2.21. The first-order chi connectivity index (χ1) is 6.88. The molecular weight excluding hydrogens is 170 g/mol. The zero-order valence-electron chi connectivity index (χ0n) is 8.97. The number of hydrogen-bond acceptors (Lipinski definition) is 1. The lowest BCUT2D eigenvalue weighted by Gasteiger charge is -2.18. The summed E-state index contributed by atoms with van der Waals surface area (Å²) in [6.07, 6.45) is 11.1. The Morgan fingerprint density at radius 2 is 2.43 bits per heavy atom. The number of unbranched alkanes of at least 4 members (excludes halogenated alkanes) is 1. The minimum atomic E-state index is 1.07. The van der Waals surface area contributed by atoms with Gasteiger partial charge in [-0.15, -0.1) is 5.73 Å². The molecule has 0 aromatic carbocycles. The molecule has 0 radical (unpaired) electrons. The monoisotopic (exact) mass is 189 g/mol. The van der Waals surface area contributed by atoms with Crippen LogP contribution in [0.15, 0.2) is 41.8 Å². The first-order valence-corrected chi connectivity index (χ1v) is 5.38. The van der Waals surface area contributed by atoms with Gasteiger partial charge in [0.25, 0.3) is 0 Å². The molecular formula is C13H19N. The van der Waals surface area contributed by atoms with E-state index in [-0.39, 0.29) is 0 Å².